The van der Waals surface area contributed by atoms with Crippen LogP contribution in [0.2, 0.25) is 0 Å². The van der Waals surface area contributed by atoms with Crippen LogP contribution in [0.15, 0.2) is 47.8 Å². The number of hydrogen-bond acceptors (Lipinski definition) is 8. The molecule has 0 atom stereocenters. The molecule has 1 N–H and O–H groups in total. The fraction of sp³-hybridized carbons (Fsp3) is 0.304. The maximum absolute atomic E-state index is 12.4. The number of rotatable bonds is 10. The van der Waals surface area contributed by atoms with E-state index in [-0.39, 0.29) is 12.5 Å². The van der Waals surface area contributed by atoms with Crippen molar-refractivity contribution in [1.29, 1.82) is 0 Å². The Morgan fingerprint density at radius 1 is 1.03 bits per heavy atom. The Morgan fingerprint density at radius 3 is 2.50 bits per heavy atom. The number of amides is 1. The van der Waals surface area contributed by atoms with Gasteiger partial charge in [0.15, 0.2) is 23.3 Å². The van der Waals surface area contributed by atoms with Crippen LogP contribution in [0, 0.1) is 13.8 Å². The quantitative estimate of drug-likeness (QED) is 0.360. The third-order valence-electron chi connectivity index (χ3n) is 4.24. The maximum atomic E-state index is 12.4. The second-order valence-electron chi connectivity index (χ2n) is 6.81. The van der Waals surface area contributed by atoms with Crippen LogP contribution in [0.1, 0.15) is 24.0 Å². The molecule has 32 heavy (non-hydrogen) atoms. The molecule has 9 heteroatoms. The molecule has 0 aliphatic carbocycles. The smallest absolute Gasteiger partial charge is 0.262 e. The van der Waals surface area contributed by atoms with E-state index in [0.717, 1.165) is 17.1 Å². The molecule has 3 aromatic rings. The van der Waals surface area contributed by atoms with Crippen LogP contribution in [-0.2, 0) is 10.5 Å². The fourth-order valence-corrected chi connectivity index (χ4v) is 3.74. The number of aromatic nitrogens is 3. The summed E-state index contributed by atoms with van der Waals surface area (Å²) in [6, 6.07) is 10.9. The van der Waals surface area contributed by atoms with Gasteiger partial charge in [0.2, 0.25) is 0 Å². The molecule has 0 spiro atoms. The van der Waals surface area contributed by atoms with Crippen molar-refractivity contribution in [2.24, 2.45) is 0 Å². The van der Waals surface area contributed by atoms with Crippen LogP contribution in [0.4, 0.5) is 5.69 Å². The molecule has 2 aromatic heterocycles. The number of carbonyl (C=O) groups excluding carboxylic acids is 1. The summed E-state index contributed by atoms with van der Waals surface area (Å²) in [6.07, 6.45) is 1.58. The summed E-state index contributed by atoms with van der Waals surface area (Å²) < 4.78 is 16.6. The van der Waals surface area contributed by atoms with E-state index >= 15 is 0 Å². The van der Waals surface area contributed by atoms with Gasteiger partial charge >= 0.3 is 0 Å². The monoisotopic (exact) mass is 454 g/mol. The van der Waals surface area contributed by atoms with Crippen LogP contribution in [0.5, 0.6) is 17.2 Å². The number of aryl methyl sites for hydroxylation is 2. The molecule has 0 fully saturated rings. The van der Waals surface area contributed by atoms with E-state index in [2.05, 4.69) is 20.3 Å². The topological polar surface area (TPSA) is 95.5 Å². The lowest BCUT2D eigenvalue weighted by Crippen LogP contribution is -2.21. The number of ether oxygens (including phenoxy) is 3. The van der Waals surface area contributed by atoms with Crippen molar-refractivity contribution in [2.75, 3.05) is 25.6 Å². The molecule has 3 rings (SSSR count). The van der Waals surface area contributed by atoms with Crippen LogP contribution in [0.3, 0.4) is 0 Å². The van der Waals surface area contributed by atoms with Gasteiger partial charge in [-0.05, 0) is 39.0 Å². The second-order valence-corrected chi connectivity index (χ2v) is 7.76. The number of nitrogens with zero attached hydrogens (tertiary/aromatic N) is 3. The predicted octanol–water partition coefficient (Wildman–Crippen LogP) is 4.21. The third-order valence-corrected chi connectivity index (χ3v) is 5.12. The largest absolute Gasteiger partial charge is 0.492 e. The van der Waals surface area contributed by atoms with E-state index in [1.807, 2.05) is 39.0 Å². The average molecular weight is 455 g/mol. The van der Waals surface area contributed by atoms with Gasteiger partial charge in [0.25, 0.3) is 5.91 Å². The van der Waals surface area contributed by atoms with Gasteiger partial charge in [0.05, 0.1) is 31.3 Å². The number of hydrogen-bond donors (Lipinski definition) is 1. The molecule has 0 aliphatic rings. The number of anilines is 1. The van der Waals surface area contributed by atoms with Crippen LogP contribution < -0.4 is 19.5 Å². The van der Waals surface area contributed by atoms with Crippen molar-refractivity contribution in [3.8, 4) is 17.2 Å². The standard InChI is InChI=1S/C23H26N4O4S/c1-5-30-19-9-7-6-8-18(19)27-22(28)13-31-20-11-17(24-12-21(20)29-4)14-32-23-25-15(2)10-16(3)26-23/h6-12H,5,13-14H2,1-4H3,(H,27,28). The molecular weight excluding hydrogens is 428 g/mol. The van der Waals surface area contributed by atoms with E-state index in [9.17, 15) is 4.79 Å². The number of para-hydroxylation sites is 2. The van der Waals surface area contributed by atoms with E-state index in [1.54, 1.807) is 24.4 Å². The Bertz CT molecular complexity index is 1060. The second kappa shape index (κ2) is 11.3. The lowest BCUT2D eigenvalue weighted by molar-refractivity contribution is -0.118. The highest BCUT2D eigenvalue weighted by Gasteiger charge is 2.12. The zero-order chi connectivity index (χ0) is 22.9. The Hall–Kier alpha value is -3.33. The third kappa shape index (κ3) is 6.58. The minimum Gasteiger partial charge on any atom is -0.492 e. The number of pyridine rings is 1. The van der Waals surface area contributed by atoms with Gasteiger partial charge in [-0.3, -0.25) is 9.78 Å². The van der Waals surface area contributed by atoms with Gasteiger partial charge in [-0.2, -0.15) is 0 Å². The van der Waals surface area contributed by atoms with E-state index in [4.69, 9.17) is 14.2 Å². The van der Waals surface area contributed by atoms with Gasteiger partial charge in [0, 0.05) is 23.2 Å². The Morgan fingerprint density at radius 2 is 1.78 bits per heavy atom. The lowest BCUT2D eigenvalue weighted by Gasteiger charge is -2.13. The van der Waals surface area contributed by atoms with Gasteiger partial charge in [-0.1, -0.05) is 23.9 Å². The summed E-state index contributed by atoms with van der Waals surface area (Å²) in [7, 11) is 1.53. The summed E-state index contributed by atoms with van der Waals surface area (Å²) in [5, 5.41) is 3.50. The summed E-state index contributed by atoms with van der Waals surface area (Å²) >= 11 is 1.48. The molecule has 0 bridgehead atoms. The number of benzene rings is 1. The van der Waals surface area contributed by atoms with Gasteiger partial charge in [0.1, 0.15) is 5.75 Å². The van der Waals surface area contributed by atoms with Crippen molar-refractivity contribution in [3.05, 3.63) is 59.7 Å². The molecule has 0 saturated heterocycles. The van der Waals surface area contributed by atoms with Crippen molar-refractivity contribution >= 4 is 23.4 Å². The minimum atomic E-state index is -0.310. The number of nitrogens with one attached hydrogen (secondary N) is 1. The van der Waals surface area contributed by atoms with Gasteiger partial charge in [-0.25, -0.2) is 9.97 Å². The first-order chi connectivity index (χ1) is 15.5. The highest BCUT2D eigenvalue weighted by atomic mass is 32.2. The molecule has 0 aliphatic heterocycles. The summed E-state index contributed by atoms with van der Waals surface area (Å²) in [4.78, 5) is 25.7. The summed E-state index contributed by atoms with van der Waals surface area (Å²) in [6.45, 7) is 6.08. The molecule has 168 valence electrons. The number of thioether (sulfide) groups is 1. The molecule has 8 nitrogen and oxygen atoms in total. The first-order valence-corrected chi connectivity index (χ1v) is 11.1. The van der Waals surface area contributed by atoms with Crippen LogP contribution in [-0.4, -0.2) is 41.2 Å². The van der Waals surface area contributed by atoms with Gasteiger partial charge < -0.3 is 19.5 Å². The zero-order valence-electron chi connectivity index (χ0n) is 18.5. The molecule has 1 amide bonds. The van der Waals surface area contributed by atoms with Crippen LogP contribution in [0.25, 0.3) is 0 Å². The number of methoxy groups -OCH3 is 1. The van der Waals surface area contributed by atoms with E-state index in [1.165, 1.54) is 18.9 Å². The zero-order valence-corrected chi connectivity index (χ0v) is 19.4. The highest BCUT2D eigenvalue weighted by molar-refractivity contribution is 7.98. The Labute approximate surface area is 191 Å². The summed E-state index contributed by atoms with van der Waals surface area (Å²) in [5.74, 6) is 1.74. The fourth-order valence-electron chi connectivity index (χ4n) is 2.89. The van der Waals surface area contributed by atoms with Crippen molar-refractivity contribution < 1.29 is 19.0 Å². The van der Waals surface area contributed by atoms with Gasteiger partial charge in [-0.15, -0.1) is 0 Å². The molecule has 1 aromatic carbocycles. The Balaban J connectivity index is 1.63. The van der Waals surface area contributed by atoms with Crippen molar-refractivity contribution in [1.82, 2.24) is 15.0 Å². The molecule has 0 unspecified atom stereocenters. The Kier molecular flexibility index (Phi) is 8.27. The average Bonchev–Trinajstić information content (AvgIpc) is 2.77. The number of carbonyl (C=O) groups is 1. The van der Waals surface area contributed by atoms with Crippen molar-refractivity contribution in [2.45, 2.75) is 31.7 Å². The summed E-state index contributed by atoms with van der Waals surface area (Å²) in [5.41, 5.74) is 3.19. The van der Waals surface area contributed by atoms with Crippen molar-refractivity contribution in [3.63, 3.8) is 0 Å². The first kappa shape index (κ1) is 23.3. The molecule has 0 saturated carbocycles. The highest BCUT2D eigenvalue weighted by Crippen LogP contribution is 2.29. The molecule has 0 radical (unpaired) electrons. The predicted molar refractivity (Wildman–Crippen MR) is 124 cm³/mol. The molecule has 2 heterocycles. The van der Waals surface area contributed by atoms with E-state index in [0.29, 0.717) is 40.5 Å². The SMILES string of the molecule is CCOc1ccccc1NC(=O)COc1cc(CSc2nc(C)cc(C)n2)ncc1OC. The first-order valence-electron chi connectivity index (χ1n) is 10.1. The maximum Gasteiger partial charge on any atom is 0.262 e. The minimum absolute atomic E-state index is 0.187. The lowest BCUT2D eigenvalue weighted by atomic mass is 10.3. The molecular formula is C23H26N4O4S. The van der Waals surface area contributed by atoms with Crippen LogP contribution >= 0.6 is 11.8 Å². The van der Waals surface area contributed by atoms with E-state index < -0.39 is 0 Å². The normalized spacial score (nSPS) is 10.5.